The maximum atomic E-state index is 12.9. The van der Waals surface area contributed by atoms with Crippen molar-refractivity contribution in [3.63, 3.8) is 0 Å². The molecule has 0 atom stereocenters. The average Bonchev–Trinajstić information content (AvgIpc) is 2.72. The molecule has 0 fully saturated rings. The molecule has 0 saturated heterocycles. The third kappa shape index (κ3) is 4.27. The molecule has 0 amide bonds. The number of aromatic hydroxyl groups is 1. The quantitative estimate of drug-likeness (QED) is 0.605. The van der Waals surface area contributed by atoms with Crippen LogP contribution in [0.3, 0.4) is 0 Å². The largest absolute Gasteiger partial charge is 0.493 e. The summed E-state index contributed by atoms with van der Waals surface area (Å²) in [5.41, 5.74) is 0.429. The van der Waals surface area contributed by atoms with E-state index in [0.29, 0.717) is 0 Å². The smallest absolute Gasteiger partial charge is 0.281 e. The Morgan fingerprint density at radius 3 is 2.30 bits per heavy atom. The maximum Gasteiger partial charge on any atom is 0.281 e. The zero-order chi connectivity index (χ0) is 21.9. The first-order valence-corrected chi connectivity index (χ1v) is 10.2. The molecule has 0 saturated carbocycles. The molecule has 0 aliphatic heterocycles. The van der Waals surface area contributed by atoms with Crippen molar-refractivity contribution in [2.45, 2.75) is 18.4 Å². The van der Waals surface area contributed by atoms with Crippen LogP contribution in [-0.2, 0) is 16.6 Å². The van der Waals surface area contributed by atoms with E-state index in [1.165, 1.54) is 31.2 Å². The second-order valence-corrected chi connectivity index (χ2v) is 7.96. The van der Waals surface area contributed by atoms with Crippen LogP contribution in [0.4, 0.5) is 11.4 Å². The number of nitrogens with zero attached hydrogens (tertiary/aromatic N) is 4. The van der Waals surface area contributed by atoms with E-state index in [9.17, 15) is 23.6 Å². The SMILES string of the molecule is Cc1c(C#N)c(O)n(Cc2ccccc2)c(=O)c1N=Nc1ccc(S(N)(=O)=O)cc1. The number of primary sulfonamides is 1. The number of aromatic nitrogens is 1. The molecule has 0 aliphatic carbocycles. The van der Waals surface area contributed by atoms with Crippen LogP contribution in [0.2, 0.25) is 0 Å². The van der Waals surface area contributed by atoms with Gasteiger partial charge in [-0.25, -0.2) is 13.6 Å². The Morgan fingerprint density at radius 2 is 1.73 bits per heavy atom. The molecule has 0 aliphatic rings. The number of nitriles is 1. The minimum atomic E-state index is -3.84. The number of benzene rings is 2. The van der Waals surface area contributed by atoms with Crippen LogP contribution in [0.1, 0.15) is 16.7 Å². The first-order chi connectivity index (χ1) is 14.2. The summed E-state index contributed by atoms with van der Waals surface area (Å²) in [6.07, 6.45) is 0. The average molecular weight is 423 g/mol. The second-order valence-electron chi connectivity index (χ2n) is 6.40. The Kier molecular flexibility index (Phi) is 5.77. The predicted octanol–water partition coefficient (Wildman–Crippen LogP) is 2.85. The van der Waals surface area contributed by atoms with Gasteiger partial charge >= 0.3 is 0 Å². The molecule has 0 bridgehead atoms. The van der Waals surface area contributed by atoms with Crippen molar-refractivity contribution >= 4 is 21.4 Å². The topological polar surface area (TPSA) is 151 Å². The van der Waals surface area contributed by atoms with Gasteiger partial charge in [-0.2, -0.15) is 10.4 Å². The first kappa shape index (κ1) is 20.9. The Morgan fingerprint density at radius 1 is 1.10 bits per heavy atom. The van der Waals surface area contributed by atoms with Gasteiger partial charge in [0.15, 0.2) is 5.69 Å². The van der Waals surface area contributed by atoms with E-state index in [-0.39, 0.29) is 33.9 Å². The van der Waals surface area contributed by atoms with E-state index in [1.807, 2.05) is 12.1 Å². The fourth-order valence-corrected chi connectivity index (χ4v) is 3.30. The second kappa shape index (κ2) is 8.28. The van der Waals surface area contributed by atoms with Crippen LogP contribution < -0.4 is 10.7 Å². The van der Waals surface area contributed by atoms with Crippen LogP contribution in [0.25, 0.3) is 0 Å². The predicted molar refractivity (Wildman–Crippen MR) is 109 cm³/mol. The number of hydrogen-bond acceptors (Lipinski definition) is 7. The van der Waals surface area contributed by atoms with Gasteiger partial charge in [-0.05, 0) is 36.8 Å². The van der Waals surface area contributed by atoms with E-state index in [0.717, 1.165) is 10.1 Å². The molecule has 0 radical (unpaired) electrons. The van der Waals surface area contributed by atoms with Gasteiger partial charge in [0.1, 0.15) is 11.6 Å². The molecular formula is C20H17N5O4S. The van der Waals surface area contributed by atoms with Gasteiger partial charge in [0, 0.05) is 5.56 Å². The van der Waals surface area contributed by atoms with Gasteiger partial charge in [0.2, 0.25) is 15.9 Å². The summed E-state index contributed by atoms with van der Waals surface area (Å²) in [4.78, 5) is 12.8. The van der Waals surface area contributed by atoms with Gasteiger partial charge in [0.05, 0.1) is 17.1 Å². The van der Waals surface area contributed by atoms with Crippen LogP contribution in [-0.4, -0.2) is 18.1 Å². The van der Waals surface area contributed by atoms with Crippen molar-refractivity contribution in [1.82, 2.24) is 4.57 Å². The molecule has 1 aromatic heterocycles. The Bertz CT molecular complexity index is 1320. The Balaban J connectivity index is 2.06. The highest BCUT2D eigenvalue weighted by molar-refractivity contribution is 7.89. The standard InChI is InChI=1S/C20H17N5O4S/c1-13-17(11-21)19(26)25(12-14-5-3-2-4-6-14)20(27)18(13)24-23-15-7-9-16(10-8-15)30(22,28)29/h2-10,26H,12H2,1H3,(H2,22,28,29). The van der Waals surface area contributed by atoms with Crippen LogP contribution in [0, 0.1) is 18.3 Å². The van der Waals surface area contributed by atoms with E-state index in [2.05, 4.69) is 10.2 Å². The van der Waals surface area contributed by atoms with E-state index in [4.69, 9.17) is 5.14 Å². The van der Waals surface area contributed by atoms with Crippen molar-refractivity contribution in [2.75, 3.05) is 0 Å². The molecule has 152 valence electrons. The number of nitrogens with two attached hydrogens (primary N) is 1. The summed E-state index contributed by atoms with van der Waals surface area (Å²) in [6.45, 7) is 1.54. The van der Waals surface area contributed by atoms with Gasteiger partial charge in [-0.15, -0.1) is 5.11 Å². The number of pyridine rings is 1. The molecule has 0 unspecified atom stereocenters. The number of rotatable bonds is 5. The zero-order valence-electron chi connectivity index (χ0n) is 15.8. The maximum absolute atomic E-state index is 12.9. The van der Waals surface area contributed by atoms with Crippen LogP contribution in [0.5, 0.6) is 5.88 Å². The lowest BCUT2D eigenvalue weighted by atomic mass is 10.1. The van der Waals surface area contributed by atoms with Crippen molar-refractivity contribution in [2.24, 2.45) is 15.4 Å². The van der Waals surface area contributed by atoms with E-state index < -0.39 is 21.5 Å². The summed E-state index contributed by atoms with van der Waals surface area (Å²) < 4.78 is 23.7. The summed E-state index contributed by atoms with van der Waals surface area (Å²) in [5.74, 6) is -0.444. The summed E-state index contributed by atoms with van der Waals surface area (Å²) >= 11 is 0. The first-order valence-electron chi connectivity index (χ1n) is 8.67. The molecule has 3 rings (SSSR count). The highest BCUT2D eigenvalue weighted by atomic mass is 32.2. The van der Waals surface area contributed by atoms with E-state index >= 15 is 0 Å². The van der Waals surface area contributed by atoms with Crippen molar-refractivity contribution in [1.29, 1.82) is 5.26 Å². The lowest BCUT2D eigenvalue weighted by Gasteiger charge is -2.13. The molecular weight excluding hydrogens is 406 g/mol. The molecule has 30 heavy (non-hydrogen) atoms. The van der Waals surface area contributed by atoms with E-state index in [1.54, 1.807) is 24.3 Å². The fourth-order valence-electron chi connectivity index (χ4n) is 2.78. The lowest BCUT2D eigenvalue weighted by molar-refractivity contribution is 0.412. The van der Waals surface area contributed by atoms with Gasteiger partial charge in [-0.1, -0.05) is 30.3 Å². The third-order valence-corrected chi connectivity index (χ3v) is 5.31. The monoisotopic (exact) mass is 423 g/mol. The molecule has 3 aromatic rings. The van der Waals surface area contributed by atoms with Crippen LogP contribution >= 0.6 is 0 Å². The number of hydrogen-bond donors (Lipinski definition) is 2. The van der Waals surface area contributed by atoms with Crippen molar-refractivity contribution in [3.05, 3.63) is 81.6 Å². The summed E-state index contributed by atoms with van der Waals surface area (Å²) in [5, 5.41) is 32.8. The van der Waals surface area contributed by atoms with Crippen molar-refractivity contribution < 1.29 is 13.5 Å². The molecule has 2 aromatic carbocycles. The molecule has 1 heterocycles. The number of sulfonamides is 1. The minimum Gasteiger partial charge on any atom is -0.493 e. The minimum absolute atomic E-state index is 0.0477. The highest BCUT2D eigenvalue weighted by Gasteiger charge is 2.19. The zero-order valence-corrected chi connectivity index (χ0v) is 16.7. The number of azo groups is 1. The molecule has 0 spiro atoms. The molecule has 10 heteroatoms. The van der Waals surface area contributed by atoms with Gasteiger partial charge in [0.25, 0.3) is 5.56 Å². The van der Waals surface area contributed by atoms with Crippen LogP contribution in [0.15, 0.2) is 74.5 Å². The van der Waals surface area contributed by atoms with Gasteiger partial charge in [-0.3, -0.25) is 9.36 Å². The fraction of sp³-hybridized carbons (Fsp3) is 0.100. The Labute approximate surface area is 172 Å². The normalized spacial score (nSPS) is 11.5. The summed E-state index contributed by atoms with van der Waals surface area (Å²) in [6, 6.07) is 16.2. The van der Waals surface area contributed by atoms with Crippen molar-refractivity contribution in [3.8, 4) is 11.9 Å². The third-order valence-electron chi connectivity index (χ3n) is 4.38. The lowest BCUT2D eigenvalue weighted by Crippen LogP contribution is -2.22. The summed E-state index contributed by atoms with van der Waals surface area (Å²) in [7, 11) is -3.84. The Hall–Kier alpha value is -3.81. The molecule has 9 nitrogen and oxygen atoms in total. The van der Waals surface area contributed by atoms with Gasteiger partial charge < -0.3 is 5.11 Å². The highest BCUT2D eigenvalue weighted by Crippen LogP contribution is 2.27. The molecule has 3 N–H and O–H groups in total.